The minimum atomic E-state index is 0.0219. The van der Waals surface area contributed by atoms with Crippen LogP contribution < -0.4 is 15.0 Å². The molecule has 1 N–H and O–H groups in total. The number of rotatable bonds is 7. The number of aryl methyl sites for hydroxylation is 1. The lowest BCUT2D eigenvalue weighted by Crippen LogP contribution is -2.38. The number of hydrogen-bond donors (Lipinski definition) is 1. The summed E-state index contributed by atoms with van der Waals surface area (Å²) in [5.74, 6) is 1.72. The van der Waals surface area contributed by atoms with Crippen molar-refractivity contribution in [3.8, 4) is 5.75 Å². The van der Waals surface area contributed by atoms with Crippen LogP contribution in [0.3, 0.4) is 0 Å². The fourth-order valence-electron chi connectivity index (χ4n) is 3.69. The third-order valence-corrected chi connectivity index (χ3v) is 5.28. The molecule has 3 heterocycles. The Kier molecular flexibility index (Phi) is 5.69. The van der Waals surface area contributed by atoms with Gasteiger partial charge in [0, 0.05) is 31.6 Å². The molecular formula is C21H26N4O4. The topological polar surface area (TPSA) is 93.6 Å². The van der Waals surface area contributed by atoms with Crippen LogP contribution >= 0.6 is 0 Å². The number of piperidine rings is 1. The van der Waals surface area contributed by atoms with Crippen molar-refractivity contribution >= 4 is 23.0 Å². The van der Waals surface area contributed by atoms with Gasteiger partial charge >= 0.3 is 0 Å². The first-order valence-corrected chi connectivity index (χ1v) is 10.0. The molecule has 1 aliphatic heterocycles. The van der Waals surface area contributed by atoms with Gasteiger partial charge in [0.15, 0.2) is 11.3 Å². The van der Waals surface area contributed by atoms with Crippen molar-refractivity contribution in [1.82, 2.24) is 15.5 Å². The minimum Gasteiger partial charge on any atom is -0.497 e. The molecule has 1 saturated heterocycles. The molecule has 1 unspecified atom stereocenters. The molecule has 1 aliphatic rings. The van der Waals surface area contributed by atoms with Gasteiger partial charge in [0.2, 0.25) is 5.91 Å². The van der Waals surface area contributed by atoms with Crippen molar-refractivity contribution in [3.05, 3.63) is 35.7 Å². The van der Waals surface area contributed by atoms with Crippen molar-refractivity contribution in [2.45, 2.75) is 39.2 Å². The summed E-state index contributed by atoms with van der Waals surface area (Å²) >= 11 is 0. The lowest BCUT2D eigenvalue weighted by Gasteiger charge is -2.31. The lowest BCUT2D eigenvalue weighted by atomic mass is 9.94. The number of carbonyl (C=O) groups is 1. The van der Waals surface area contributed by atoms with Crippen molar-refractivity contribution in [3.63, 3.8) is 0 Å². The van der Waals surface area contributed by atoms with E-state index in [1.807, 2.05) is 31.2 Å². The summed E-state index contributed by atoms with van der Waals surface area (Å²) in [6.45, 7) is 4.01. The fraction of sp³-hybridized carbons (Fsp3) is 0.476. The number of oxazole rings is 1. The van der Waals surface area contributed by atoms with Gasteiger partial charge in [-0.15, -0.1) is 0 Å². The molecule has 154 valence electrons. The number of carbonyl (C=O) groups excluding carboxylic acids is 1. The van der Waals surface area contributed by atoms with Gasteiger partial charge in [0.1, 0.15) is 11.3 Å². The van der Waals surface area contributed by atoms with Crippen LogP contribution in [0.15, 0.2) is 33.2 Å². The molecule has 0 spiro atoms. The zero-order chi connectivity index (χ0) is 20.2. The molecule has 29 heavy (non-hydrogen) atoms. The van der Waals surface area contributed by atoms with Gasteiger partial charge in [-0.1, -0.05) is 12.1 Å². The van der Waals surface area contributed by atoms with Gasteiger partial charge in [-0.2, -0.15) is 4.98 Å². The number of hydrogen-bond acceptors (Lipinski definition) is 7. The Bertz CT molecular complexity index is 980. The van der Waals surface area contributed by atoms with Gasteiger partial charge in [-0.3, -0.25) is 4.79 Å². The number of aromatic nitrogens is 2. The molecule has 0 saturated carbocycles. The highest BCUT2D eigenvalue weighted by atomic mass is 16.5. The van der Waals surface area contributed by atoms with Crippen LogP contribution in [0.1, 0.15) is 37.6 Å². The van der Waals surface area contributed by atoms with Crippen LogP contribution in [-0.4, -0.2) is 36.2 Å². The lowest BCUT2D eigenvalue weighted by molar-refractivity contribution is -0.122. The number of methoxy groups -OCH3 is 1. The Hall–Kier alpha value is -3.03. The summed E-state index contributed by atoms with van der Waals surface area (Å²) in [6, 6.07) is 8.08. The average Bonchev–Trinajstić information content (AvgIpc) is 3.38. The molecule has 3 aromatic rings. The quantitative estimate of drug-likeness (QED) is 0.652. The standard InChI is InChI=1S/C21H26N4O4/c1-3-15-10-17(29-24-15)12-22-20(26)9-14-5-4-8-25(13-14)21-23-18-11-16(27-2)6-7-19(18)28-21/h6-7,10-11,14H,3-5,8-9,12-13H2,1-2H3,(H,22,26). The summed E-state index contributed by atoms with van der Waals surface area (Å²) in [6.07, 6.45) is 3.31. The van der Waals surface area contributed by atoms with Crippen molar-refractivity contribution < 1.29 is 18.5 Å². The average molecular weight is 398 g/mol. The van der Waals surface area contributed by atoms with Crippen molar-refractivity contribution in [1.29, 1.82) is 0 Å². The first kappa shape index (κ1) is 19.3. The number of ether oxygens (including phenoxy) is 1. The van der Waals surface area contributed by atoms with E-state index in [2.05, 4.69) is 20.4 Å². The monoisotopic (exact) mass is 398 g/mol. The molecule has 2 aromatic heterocycles. The minimum absolute atomic E-state index is 0.0219. The maximum Gasteiger partial charge on any atom is 0.298 e. The number of anilines is 1. The van der Waals surface area contributed by atoms with E-state index in [9.17, 15) is 4.79 Å². The van der Waals surface area contributed by atoms with Crippen LogP contribution in [0, 0.1) is 5.92 Å². The Balaban J connectivity index is 1.33. The van der Waals surface area contributed by atoms with Crippen LogP contribution in [0.4, 0.5) is 6.01 Å². The number of fused-ring (bicyclic) bond motifs is 1. The highest BCUT2D eigenvalue weighted by molar-refractivity contribution is 5.77. The van der Waals surface area contributed by atoms with Crippen LogP contribution in [0.25, 0.3) is 11.1 Å². The van der Waals surface area contributed by atoms with Crippen LogP contribution in [-0.2, 0) is 17.8 Å². The third-order valence-electron chi connectivity index (χ3n) is 5.28. The molecule has 0 radical (unpaired) electrons. The molecule has 0 bridgehead atoms. The molecule has 8 nitrogen and oxygen atoms in total. The summed E-state index contributed by atoms with van der Waals surface area (Å²) < 4.78 is 16.4. The number of nitrogens with zero attached hydrogens (tertiary/aromatic N) is 3. The van der Waals surface area contributed by atoms with Crippen molar-refractivity contribution in [2.75, 3.05) is 25.1 Å². The van der Waals surface area contributed by atoms with E-state index in [4.69, 9.17) is 13.7 Å². The highest BCUT2D eigenvalue weighted by Crippen LogP contribution is 2.29. The van der Waals surface area contributed by atoms with E-state index in [0.29, 0.717) is 24.7 Å². The van der Waals surface area contributed by atoms with Gasteiger partial charge in [0.05, 0.1) is 19.3 Å². The first-order valence-electron chi connectivity index (χ1n) is 10.0. The molecule has 4 rings (SSSR count). The second kappa shape index (κ2) is 8.55. The molecule has 8 heteroatoms. The second-order valence-corrected chi connectivity index (χ2v) is 7.40. The second-order valence-electron chi connectivity index (χ2n) is 7.40. The maximum absolute atomic E-state index is 12.4. The molecule has 0 aliphatic carbocycles. The Morgan fingerprint density at radius 2 is 2.28 bits per heavy atom. The maximum atomic E-state index is 12.4. The van der Waals surface area contributed by atoms with E-state index in [1.165, 1.54) is 0 Å². The van der Waals surface area contributed by atoms with Gasteiger partial charge in [0.25, 0.3) is 6.01 Å². The number of nitrogens with one attached hydrogen (secondary N) is 1. The molecule has 1 aromatic carbocycles. The Morgan fingerprint density at radius 1 is 1.38 bits per heavy atom. The molecule has 1 fully saturated rings. The van der Waals surface area contributed by atoms with Gasteiger partial charge in [-0.05, 0) is 37.3 Å². The highest BCUT2D eigenvalue weighted by Gasteiger charge is 2.25. The van der Waals surface area contributed by atoms with Crippen molar-refractivity contribution in [2.24, 2.45) is 5.92 Å². The van der Waals surface area contributed by atoms with E-state index < -0.39 is 0 Å². The first-order chi connectivity index (χ1) is 14.1. The predicted molar refractivity (Wildman–Crippen MR) is 108 cm³/mol. The number of benzene rings is 1. The van der Waals surface area contributed by atoms with Gasteiger partial charge < -0.3 is 23.9 Å². The van der Waals surface area contributed by atoms with Crippen LogP contribution in [0.2, 0.25) is 0 Å². The normalized spacial score (nSPS) is 16.9. The Labute approximate surface area is 169 Å². The predicted octanol–water partition coefficient (Wildman–Crippen LogP) is 3.31. The van der Waals surface area contributed by atoms with E-state index in [0.717, 1.165) is 54.9 Å². The SMILES string of the molecule is CCc1cc(CNC(=O)CC2CCCN(c3nc4cc(OC)ccc4o3)C2)on1. The summed E-state index contributed by atoms with van der Waals surface area (Å²) in [5.41, 5.74) is 2.41. The molecule has 1 amide bonds. The summed E-state index contributed by atoms with van der Waals surface area (Å²) in [4.78, 5) is 19.1. The van der Waals surface area contributed by atoms with E-state index in [1.54, 1.807) is 7.11 Å². The fourth-order valence-corrected chi connectivity index (χ4v) is 3.69. The number of amides is 1. The van der Waals surface area contributed by atoms with E-state index in [-0.39, 0.29) is 11.8 Å². The molecular weight excluding hydrogens is 372 g/mol. The third kappa shape index (κ3) is 4.52. The zero-order valence-corrected chi connectivity index (χ0v) is 16.8. The Morgan fingerprint density at radius 3 is 3.07 bits per heavy atom. The smallest absolute Gasteiger partial charge is 0.298 e. The molecule has 1 atom stereocenters. The van der Waals surface area contributed by atoms with E-state index >= 15 is 0 Å². The largest absolute Gasteiger partial charge is 0.497 e. The zero-order valence-electron chi connectivity index (χ0n) is 16.8. The van der Waals surface area contributed by atoms with Gasteiger partial charge in [-0.25, -0.2) is 0 Å². The van der Waals surface area contributed by atoms with Crippen LogP contribution in [0.5, 0.6) is 5.75 Å². The summed E-state index contributed by atoms with van der Waals surface area (Å²) in [5, 5.41) is 6.87. The summed E-state index contributed by atoms with van der Waals surface area (Å²) in [7, 11) is 1.63.